The summed E-state index contributed by atoms with van der Waals surface area (Å²) in [4.78, 5) is 12.1. The number of hydrogen-bond acceptors (Lipinski definition) is 3. The Labute approximate surface area is 194 Å². The molecule has 2 aromatic carbocycles. The zero-order valence-corrected chi connectivity index (χ0v) is 19.8. The number of nitrogens with zero attached hydrogens (tertiary/aromatic N) is 1. The van der Waals surface area contributed by atoms with E-state index in [1.807, 2.05) is 6.07 Å². The molecule has 1 N–H and O–H groups in total. The zero-order valence-electron chi connectivity index (χ0n) is 19.8. The van der Waals surface area contributed by atoms with Gasteiger partial charge >= 0.3 is 6.18 Å². The third kappa shape index (κ3) is 6.62. The summed E-state index contributed by atoms with van der Waals surface area (Å²) < 4.78 is 47.8. The number of benzene rings is 2. The van der Waals surface area contributed by atoms with Crippen LogP contribution in [0.2, 0.25) is 0 Å². The Kier molecular flexibility index (Phi) is 8.27. The number of hydrazine groups is 1. The molecule has 3 rings (SSSR count). The molecule has 0 bridgehead atoms. The molecule has 1 aliphatic rings. The van der Waals surface area contributed by atoms with Crippen molar-refractivity contribution in [2.75, 3.05) is 13.2 Å². The van der Waals surface area contributed by atoms with E-state index in [4.69, 9.17) is 4.74 Å². The lowest BCUT2D eigenvalue weighted by Crippen LogP contribution is -2.43. The maximum absolute atomic E-state index is 14.0. The highest BCUT2D eigenvalue weighted by molar-refractivity contribution is 5.85. The number of amides is 1. The summed E-state index contributed by atoms with van der Waals surface area (Å²) >= 11 is 0. The Morgan fingerprint density at radius 3 is 2.27 bits per heavy atom. The van der Waals surface area contributed by atoms with Gasteiger partial charge in [0.2, 0.25) is 5.91 Å². The van der Waals surface area contributed by atoms with Gasteiger partial charge in [-0.05, 0) is 54.8 Å². The minimum Gasteiger partial charge on any atom is -0.494 e. The molecular weight excluding hydrogens is 429 g/mol. The molecule has 4 nitrogen and oxygen atoms in total. The van der Waals surface area contributed by atoms with Gasteiger partial charge in [-0.25, -0.2) is 5.01 Å². The van der Waals surface area contributed by atoms with Crippen molar-refractivity contribution in [1.82, 2.24) is 10.4 Å². The summed E-state index contributed by atoms with van der Waals surface area (Å²) in [6, 6.07) is 8.27. The second-order valence-electron chi connectivity index (χ2n) is 9.64. The first kappa shape index (κ1) is 25.3. The van der Waals surface area contributed by atoms with Crippen LogP contribution < -0.4 is 10.2 Å². The van der Waals surface area contributed by atoms with Crippen molar-refractivity contribution in [2.24, 2.45) is 5.41 Å². The fourth-order valence-electron chi connectivity index (χ4n) is 4.27. The molecule has 1 heterocycles. The Hall–Kier alpha value is -2.28. The number of carbonyl (C=O) groups is 1. The van der Waals surface area contributed by atoms with Crippen LogP contribution in [0.5, 0.6) is 5.75 Å². The topological polar surface area (TPSA) is 41.6 Å². The third-order valence-corrected chi connectivity index (χ3v) is 6.22. The number of rotatable bonds is 11. The van der Waals surface area contributed by atoms with Crippen molar-refractivity contribution in [2.45, 2.75) is 77.9 Å². The SMILES string of the molecule is CCCCCCCCCOc1ccc2cc([C@H](N3CC(C)(C)C(=O)N3)C(F)(F)F)ccc2c1. The number of carbonyl (C=O) groups excluding carboxylic acids is 1. The quantitative estimate of drug-likeness (QED) is 0.366. The fraction of sp³-hybridized carbons (Fsp3) is 0.577. The van der Waals surface area contributed by atoms with Crippen molar-refractivity contribution in [3.8, 4) is 5.75 Å². The molecule has 1 fully saturated rings. The minimum absolute atomic E-state index is 0.0145. The van der Waals surface area contributed by atoms with Gasteiger partial charge in [0.05, 0.1) is 12.0 Å². The van der Waals surface area contributed by atoms with E-state index in [1.54, 1.807) is 38.1 Å². The van der Waals surface area contributed by atoms with E-state index < -0.39 is 23.5 Å². The van der Waals surface area contributed by atoms with Gasteiger partial charge in [-0.15, -0.1) is 0 Å². The molecule has 182 valence electrons. The largest absolute Gasteiger partial charge is 0.494 e. The molecule has 0 saturated carbocycles. The summed E-state index contributed by atoms with van der Waals surface area (Å²) in [7, 11) is 0. The van der Waals surface area contributed by atoms with Gasteiger partial charge in [0, 0.05) is 6.54 Å². The maximum Gasteiger partial charge on any atom is 0.409 e. The van der Waals surface area contributed by atoms with Gasteiger partial charge in [0.15, 0.2) is 0 Å². The Bertz CT molecular complexity index is 943. The molecule has 0 unspecified atom stereocenters. The molecule has 0 radical (unpaired) electrons. The van der Waals surface area contributed by atoms with Crippen LogP contribution in [0.4, 0.5) is 13.2 Å². The summed E-state index contributed by atoms with van der Waals surface area (Å²) in [5, 5.41) is 2.53. The van der Waals surface area contributed by atoms with Crippen LogP contribution in [0.25, 0.3) is 10.8 Å². The average molecular weight is 465 g/mol. The highest BCUT2D eigenvalue weighted by Crippen LogP contribution is 2.41. The molecular formula is C26H35F3N2O2. The van der Waals surface area contributed by atoms with E-state index in [-0.39, 0.29) is 12.1 Å². The predicted molar refractivity (Wildman–Crippen MR) is 125 cm³/mol. The monoisotopic (exact) mass is 464 g/mol. The fourth-order valence-corrected chi connectivity index (χ4v) is 4.27. The number of hydrogen-bond donors (Lipinski definition) is 1. The Morgan fingerprint density at radius 1 is 1.00 bits per heavy atom. The molecule has 1 amide bonds. The van der Waals surface area contributed by atoms with Gasteiger partial charge in [-0.2, -0.15) is 13.2 Å². The lowest BCUT2D eigenvalue weighted by Gasteiger charge is -2.30. The van der Waals surface area contributed by atoms with Gasteiger partial charge in [-0.1, -0.05) is 63.6 Å². The van der Waals surface area contributed by atoms with Gasteiger partial charge in [0.25, 0.3) is 0 Å². The van der Waals surface area contributed by atoms with Crippen molar-refractivity contribution >= 4 is 16.7 Å². The predicted octanol–water partition coefficient (Wildman–Crippen LogP) is 6.95. The van der Waals surface area contributed by atoms with E-state index >= 15 is 0 Å². The molecule has 7 heteroatoms. The molecule has 33 heavy (non-hydrogen) atoms. The Balaban J connectivity index is 1.65. The Morgan fingerprint density at radius 2 is 1.64 bits per heavy atom. The van der Waals surface area contributed by atoms with E-state index in [0.29, 0.717) is 12.0 Å². The summed E-state index contributed by atoms with van der Waals surface area (Å²) in [5.74, 6) is 0.322. The normalized spacial score (nSPS) is 17.3. The smallest absolute Gasteiger partial charge is 0.409 e. The molecule has 1 aliphatic heterocycles. The zero-order chi connectivity index (χ0) is 24.1. The van der Waals surface area contributed by atoms with E-state index in [1.165, 1.54) is 38.2 Å². The maximum atomic E-state index is 14.0. The second kappa shape index (κ2) is 10.8. The molecule has 0 aliphatic carbocycles. The van der Waals surface area contributed by atoms with Crippen molar-refractivity contribution < 1.29 is 22.7 Å². The first-order chi connectivity index (χ1) is 15.6. The number of halogens is 3. The van der Waals surface area contributed by atoms with Gasteiger partial charge in [-0.3, -0.25) is 10.2 Å². The molecule has 0 aromatic heterocycles. The van der Waals surface area contributed by atoms with E-state index in [2.05, 4.69) is 12.3 Å². The first-order valence-electron chi connectivity index (χ1n) is 11.9. The summed E-state index contributed by atoms with van der Waals surface area (Å²) in [5.41, 5.74) is 1.64. The van der Waals surface area contributed by atoms with Crippen molar-refractivity contribution in [3.05, 3.63) is 42.0 Å². The van der Waals surface area contributed by atoms with Gasteiger partial charge < -0.3 is 4.74 Å². The second-order valence-corrected chi connectivity index (χ2v) is 9.64. The molecule has 1 saturated heterocycles. The number of alkyl halides is 3. The van der Waals surface area contributed by atoms with E-state index in [9.17, 15) is 18.0 Å². The number of unbranched alkanes of at least 4 members (excludes halogenated alkanes) is 6. The minimum atomic E-state index is -4.53. The van der Waals surface area contributed by atoms with Crippen LogP contribution in [0.1, 0.15) is 77.3 Å². The van der Waals surface area contributed by atoms with Crippen LogP contribution >= 0.6 is 0 Å². The highest BCUT2D eigenvalue weighted by atomic mass is 19.4. The standard InChI is InChI=1S/C26H35F3N2O2/c1-4-5-6-7-8-9-10-15-33-22-14-13-19-16-21(12-11-20(19)17-22)23(26(27,28)29)31-18-25(2,3)24(32)30-31/h11-14,16-17,23H,4-10,15,18H2,1-3H3,(H,30,32)/t23-/m0/s1. The van der Waals surface area contributed by atoms with Crippen LogP contribution in [0.15, 0.2) is 36.4 Å². The van der Waals surface area contributed by atoms with Crippen molar-refractivity contribution in [1.29, 1.82) is 0 Å². The van der Waals surface area contributed by atoms with Crippen LogP contribution in [0.3, 0.4) is 0 Å². The number of nitrogens with one attached hydrogen (secondary N) is 1. The average Bonchev–Trinajstić information content (AvgIpc) is 3.00. The highest BCUT2D eigenvalue weighted by Gasteiger charge is 2.51. The van der Waals surface area contributed by atoms with Crippen LogP contribution in [0, 0.1) is 5.41 Å². The molecule has 2 aromatic rings. The van der Waals surface area contributed by atoms with Crippen LogP contribution in [-0.2, 0) is 4.79 Å². The first-order valence-corrected chi connectivity index (χ1v) is 11.9. The molecule has 1 atom stereocenters. The van der Waals surface area contributed by atoms with Crippen molar-refractivity contribution in [3.63, 3.8) is 0 Å². The number of fused-ring (bicyclic) bond motifs is 1. The summed E-state index contributed by atoms with van der Waals surface area (Å²) in [6.07, 6.45) is 3.93. The third-order valence-electron chi connectivity index (χ3n) is 6.22. The van der Waals surface area contributed by atoms with Gasteiger partial charge in [0.1, 0.15) is 11.8 Å². The number of ether oxygens (including phenoxy) is 1. The lowest BCUT2D eigenvalue weighted by molar-refractivity contribution is -0.191. The van der Waals surface area contributed by atoms with Crippen LogP contribution in [-0.4, -0.2) is 30.2 Å². The molecule has 0 spiro atoms. The van der Waals surface area contributed by atoms with E-state index in [0.717, 1.165) is 29.0 Å². The lowest BCUT2D eigenvalue weighted by atomic mass is 9.93. The summed E-state index contributed by atoms with van der Waals surface area (Å²) in [6.45, 7) is 6.12.